The fraction of sp³-hybridized carbons (Fsp3) is 0.687. The Morgan fingerprint density at radius 1 is 0.352 bits per heavy atom. The minimum Gasteiger partial charge on any atom is -0.394 e. The molecule has 0 aromatic rings. The van der Waals surface area contributed by atoms with Gasteiger partial charge in [0.1, 0.15) is 0 Å². The second kappa shape index (κ2) is 61.1. The van der Waals surface area contributed by atoms with Gasteiger partial charge in [-0.25, -0.2) is 0 Å². The molecule has 0 aromatic heterocycles. The lowest BCUT2D eigenvalue weighted by Crippen LogP contribution is -2.45. The zero-order chi connectivity index (χ0) is 51.3. The molecule has 0 saturated heterocycles. The van der Waals surface area contributed by atoms with Gasteiger partial charge in [0.2, 0.25) is 5.91 Å². The van der Waals surface area contributed by atoms with Gasteiger partial charge >= 0.3 is 0 Å². The van der Waals surface area contributed by atoms with Gasteiger partial charge in [0.25, 0.3) is 0 Å². The van der Waals surface area contributed by atoms with Crippen molar-refractivity contribution in [3.05, 3.63) is 122 Å². The first-order valence-corrected chi connectivity index (χ1v) is 30.2. The summed E-state index contributed by atoms with van der Waals surface area (Å²) in [5, 5.41) is 23.2. The average molecular weight is 983 g/mol. The first-order valence-electron chi connectivity index (χ1n) is 30.2. The third kappa shape index (κ3) is 57.6. The van der Waals surface area contributed by atoms with E-state index in [1.54, 1.807) is 6.08 Å². The number of carbonyl (C=O) groups excluding carboxylic acids is 1. The number of nitrogens with one attached hydrogen (secondary N) is 1. The maximum absolute atomic E-state index is 12.5. The molecule has 0 fully saturated rings. The van der Waals surface area contributed by atoms with E-state index in [9.17, 15) is 15.0 Å². The smallest absolute Gasteiger partial charge is 0.220 e. The zero-order valence-corrected chi connectivity index (χ0v) is 46.7. The van der Waals surface area contributed by atoms with E-state index in [2.05, 4.69) is 129 Å². The minimum absolute atomic E-state index is 0.0813. The van der Waals surface area contributed by atoms with Crippen molar-refractivity contribution in [1.82, 2.24) is 5.32 Å². The van der Waals surface area contributed by atoms with Crippen molar-refractivity contribution >= 4 is 5.91 Å². The molecular weight excluding hydrogens is 867 g/mol. The monoisotopic (exact) mass is 982 g/mol. The SMILES string of the molecule is CC/C=C\C/C=C\C/C=C\C/C=C\C/C=C\C/C=C\C/C=C\C/C=C\CCCCCCCCCCCCC(=O)NC(CO)C(O)/C=C/CC/C=C/CCCCCCCCCCCCCCCCCCCC. The fourth-order valence-corrected chi connectivity index (χ4v) is 8.62. The van der Waals surface area contributed by atoms with Crippen molar-refractivity contribution in [2.75, 3.05) is 6.61 Å². The van der Waals surface area contributed by atoms with E-state index in [0.717, 1.165) is 89.9 Å². The number of carbonyl (C=O) groups is 1. The summed E-state index contributed by atoms with van der Waals surface area (Å²) in [5.74, 6) is -0.0813. The molecule has 0 aliphatic heterocycles. The summed E-state index contributed by atoms with van der Waals surface area (Å²) in [6, 6.07) is -0.651. The summed E-state index contributed by atoms with van der Waals surface area (Å²) in [5.41, 5.74) is 0. The lowest BCUT2D eigenvalue weighted by atomic mass is 10.0. The van der Waals surface area contributed by atoms with Gasteiger partial charge in [-0.1, -0.05) is 296 Å². The van der Waals surface area contributed by atoms with E-state index < -0.39 is 12.1 Å². The Morgan fingerprint density at radius 2 is 0.634 bits per heavy atom. The number of rotatable bonds is 54. The van der Waals surface area contributed by atoms with Gasteiger partial charge < -0.3 is 15.5 Å². The van der Waals surface area contributed by atoms with Crippen molar-refractivity contribution in [3.8, 4) is 0 Å². The average Bonchev–Trinajstić information content (AvgIpc) is 3.37. The summed E-state index contributed by atoms with van der Waals surface area (Å²) in [4.78, 5) is 12.5. The van der Waals surface area contributed by atoms with E-state index in [4.69, 9.17) is 0 Å². The predicted molar refractivity (Wildman–Crippen MR) is 317 cm³/mol. The third-order valence-corrected chi connectivity index (χ3v) is 13.2. The van der Waals surface area contributed by atoms with Crippen LogP contribution in [0.25, 0.3) is 0 Å². The molecule has 4 heteroatoms. The molecule has 0 heterocycles. The maximum Gasteiger partial charge on any atom is 0.220 e. The van der Waals surface area contributed by atoms with Crippen LogP contribution in [0, 0.1) is 0 Å². The van der Waals surface area contributed by atoms with Gasteiger partial charge in [-0.05, 0) is 96.3 Å². The van der Waals surface area contributed by atoms with Crippen molar-refractivity contribution in [2.45, 2.75) is 289 Å². The summed E-state index contributed by atoms with van der Waals surface area (Å²) >= 11 is 0. The van der Waals surface area contributed by atoms with Crippen LogP contribution < -0.4 is 5.32 Å². The van der Waals surface area contributed by atoms with E-state index in [1.165, 1.54) is 167 Å². The van der Waals surface area contributed by atoms with E-state index in [-0.39, 0.29) is 12.5 Å². The largest absolute Gasteiger partial charge is 0.394 e. The van der Waals surface area contributed by atoms with E-state index in [0.29, 0.717) is 6.42 Å². The van der Waals surface area contributed by atoms with Gasteiger partial charge in [-0.2, -0.15) is 0 Å². The van der Waals surface area contributed by atoms with Gasteiger partial charge in [0.15, 0.2) is 0 Å². The highest BCUT2D eigenvalue weighted by Crippen LogP contribution is 2.16. The molecule has 1 amide bonds. The van der Waals surface area contributed by atoms with Gasteiger partial charge in [0.05, 0.1) is 18.8 Å². The normalized spacial score (nSPS) is 13.7. The summed E-state index contributed by atoms with van der Waals surface area (Å²) in [7, 11) is 0. The molecule has 0 bridgehead atoms. The lowest BCUT2D eigenvalue weighted by Gasteiger charge is -2.19. The maximum atomic E-state index is 12.5. The highest BCUT2D eigenvalue weighted by atomic mass is 16.3. The second-order valence-electron chi connectivity index (χ2n) is 20.0. The van der Waals surface area contributed by atoms with Gasteiger partial charge in [-0.3, -0.25) is 4.79 Å². The summed E-state index contributed by atoms with van der Waals surface area (Å²) < 4.78 is 0. The lowest BCUT2D eigenvalue weighted by molar-refractivity contribution is -0.123. The third-order valence-electron chi connectivity index (χ3n) is 13.2. The molecule has 406 valence electrons. The molecule has 4 nitrogen and oxygen atoms in total. The van der Waals surface area contributed by atoms with Crippen LogP contribution in [0.1, 0.15) is 277 Å². The molecule has 0 aliphatic carbocycles. The second-order valence-corrected chi connectivity index (χ2v) is 20.0. The van der Waals surface area contributed by atoms with E-state index >= 15 is 0 Å². The van der Waals surface area contributed by atoms with Crippen LogP contribution in [0.15, 0.2) is 122 Å². The number of aliphatic hydroxyl groups excluding tert-OH is 2. The molecule has 2 unspecified atom stereocenters. The van der Waals surface area contributed by atoms with Crippen LogP contribution in [0.2, 0.25) is 0 Å². The minimum atomic E-state index is -0.873. The van der Waals surface area contributed by atoms with Crippen LogP contribution in [0.4, 0.5) is 0 Å². The number of aliphatic hydroxyl groups is 2. The zero-order valence-electron chi connectivity index (χ0n) is 46.7. The molecular formula is C67H115NO3. The number of unbranched alkanes of at least 4 members (excludes halogenated alkanes) is 29. The number of hydrogen-bond acceptors (Lipinski definition) is 3. The first-order chi connectivity index (χ1) is 35.2. The molecule has 0 aliphatic rings. The molecule has 71 heavy (non-hydrogen) atoms. The molecule has 2 atom stereocenters. The Morgan fingerprint density at radius 3 is 0.986 bits per heavy atom. The molecule has 0 saturated carbocycles. The summed E-state index contributed by atoms with van der Waals surface area (Å²) in [6.07, 6.45) is 93.7. The van der Waals surface area contributed by atoms with Crippen molar-refractivity contribution < 1.29 is 15.0 Å². The topological polar surface area (TPSA) is 69.6 Å². The molecule has 0 aromatic carbocycles. The Hall–Kier alpha value is -3.21. The predicted octanol–water partition coefficient (Wildman–Crippen LogP) is 20.4. The number of hydrogen-bond donors (Lipinski definition) is 3. The van der Waals surface area contributed by atoms with Crippen LogP contribution in [0.5, 0.6) is 0 Å². The Balaban J connectivity index is 3.60. The quantitative estimate of drug-likeness (QED) is 0.0420. The van der Waals surface area contributed by atoms with Gasteiger partial charge in [-0.15, -0.1) is 0 Å². The molecule has 0 spiro atoms. The molecule has 3 N–H and O–H groups in total. The highest BCUT2D eigenvalue weighted by molar-refractivity contribution is 5.76. The standard InChI is InChI=1S/C67H115NO3/c1-3-5-7-9-11-13-15-17-19-21-23-25-27-29-30-31-32-33-34-35-36-37-38-39-41-43-45-47-49-51-53-55-57-59-61-63-67(71)68-65(64-69)66(70)62-60-58-56-54-52-50-48-46-44-42-40-28-26-24-22-20-18-16-14-12-10-8-6-4-2/h5,7,11,13,17,19,23,25,29-30,32-33,35-36,38-39,52,54,60,62,65-66,69-70H,3-4,6,8-10,12,14-16,18,20-22,24,26-28,31,34,37,40-51,53,55-59,61,63-64H2,1-2H3,(H,68,71)/b7-5-,13-11-,19-17-,25-23-,30-29-,33-32-,36-35-,39-38-,54-52+,62-60+. The summed E-state index contributed by atoms with van der Waals surface area (Å²) in [6.45, 7) is 4.19. The van der Waals surface area contributed by atoms with Crippen LogP contribution >= 0.6 is 0 Å². The van der Waals surface area contributed by atoms with Crippen LogP contribution in [0.3, 0.4) is 0 Å². The molecule has 0 rings (SSSR count). The Labute approximate surface area is 441 Å². The number of amides is 1. The van der Waals surface area contributed by atoms with E-state index in [1.807, 2.05) is 6.08 Å². The van der Waals surface area contributed by atoms with Crippen molar-refractivity contribution in [2.24, 2.45) is 0 Å². The Kier molecular flexibility index (Phi) is 58.3. The Bertz CT molecular complexity index is 1390. The van der Waals surface area contributed by atoms with Gasteiger partial charge in [0, 0.05) is 6.42 Å². The molecule has 0 radical (unpaired) electrons. The number of allylic oxidation sites excluding steroid dienone is 19. The van der Waals surface area contributed by atoms with Crippen LogP contribution in [-0.2, 0) is 4.79 Å². The van der Waals surface area contributed by atoms with Crippen molar-refractivity contribution in [1.29, 1.82) is 0 Å². The van der Waals surface area contributed by atoms with Crippen molar-refractivity contribution in [3.63, 3.8) is 0 Å². The van der Waals surface area contributed by atoms with Crippen LogP contribution in [-0.4, -0.2) is 34.9 Å². The first kappa shape index (κ1) is 67.8. The fourth-order valence-electron chi connectivity index (χ4n) is 8.62. The highest BCUT2D eigenvalue weighted by Gasteiger charge is 2.18.